The summed E-state index contributed by atoms with van der Waals surface area (Å²) in [6.45, 7) is 4.65. The Morgan fingerprint density at radius 3 is 2.24 bits per heavy atom. The summed E-state index contributed by atoms with van der Waals surface area (Å²) < 4.78 is 45.0. The zero-order chi connectivity index (χ0) is 30.7. The molecule has 0 saturated carbocycles. The van der Waals surface area contributed by atoms with Crippen molar-refractivity contribution in [1.82, 2.24) is 10.2 Å². The van der Waals surface area contributed by atoms with Crippen molar-refractivity contribution in [2.24, 2.45) is 5.92 Å². The van der Waals surface area contributed by atoms with E-state index in [1.54, 1.807) is 12.0 Å². The van der Waals surface area contributed by atoms with Gasteiger partial charge in [0.25, 0.3) is 0 Å². The van der Waals surface area contributed by atoms with Crippen LogP contribution in [-0.4, -0.2) is 57.6 Å². The molecule has 0 aromatic heterocycles. The number of rotatable bonds is 15. The van der Waals surface area contributed by atoms with Crippen molar-refractivity contribution < 1.29 is 27.1 Å². The highest BCUT2D eigenvalue weighted by molar-refractivity contribution is 7.92. The SMILES string of the molecule is COc1cccc(CN(C(=O)CCCN(c2ccc(F)cc2)S(C)(=O)=O)C(Cc2ccccc2)C(=O)NCC(C)C)c1. The Morgan fingerprint density at radius 1 is 0.952 bits per heavy atom. The molecule has 0 saturated heterocycles. The molecule has 3 aromatic carbocycles. The summed E-state index contributed by atoms with van der Waals surface area (Å²) in [7, 11) is -2.12. The number of amides is 2. The van der Waals surface area contributed by atoms with E-state index < -0.39 is 21.9 Å². The van der Waals surface area contributed by atoms with E-state index in [1.807, 2.05) is 68.4 Å². The predicted molar refractivity (Wildman–Crippen MR) is 163 cm³/mol. The van der Waals surface area contributed by atoms with Gasteiger partial charge in [-0.3, -0.25) is 13.9 Å². The third-order valence-electron chi connectivity index (χ3n) is 6.71. The summed E-state index contributed by atoms with van der Waals surface area (Å²) in [6.07, 6.45) is 1.58. The quantitative estimate of drug-likeness (QED) is 0.272. The Labute approximate surface area is 248 Å². The Kier molecular flexibility index (Phi) is 11.9. The minimum atomic E-state index is -3.68. The van der Waals surface area contributed by atoms with E-state index in [1.165, 1.54) is 24.3 Å². The monoisotopic (exact) mass is 597 g/mol. The maximum absolute atomic E-state index is 13.9. The molecule has 0 aliphatic carbocycles. The van der Waals surface area contributed by atoms with Crippen molar-refractivity contribution >= 4 is 27.5 Å². The van der Waals surface area contributed by atoms with E-state index in [0.29, 0.717) is 24.4 Å². The van der Waals surface area contributed by atoms with Gasteiger partial charge in [0.05, 0.1) is 19.1 Å². The van der Waals surface area contributed by atoms with E-state index in [2.05, 4.69) is 5.32 Å². The summed E-state index contributed by atoms with van der Waals surface area (Å²) in [5.74, 6) is -0.163. The molecule has 1 unspecified atom stereocenters. The molecule has 0 bridgehead atoms. The number of hydrogen-bond acceptors (Lipinski definition) is 5. The molecule has 0 aliphatic rings. The number of hydrogen-bond donors (Lipinski definition) is 1. The third kappa shape index (κ3) is 9.87. The second-order valence-electron chi connectivity index (χ2n) is 10.6. The van der Waals surface area contributed by atoms with Crippen molar-refractivity contribution in [3.8, 4) is 5.75 Å². The van der Waals surface area contributed by atoms with Gasteiger partial charge in [-0.15, -0.1) is 0 Å². The van der Waals surface area contributed by atoms with E-state index in [9.17, 15) is 22.4 Å². The lowest BCUT2D eigenvalue weighted by Gasteiger charge is -2.32. The molecule has 226 valence electrons. The molecule has 0 heterocycles. The van der Waals surface area contributed by atoms with Crippen LogP contribution in [0.15, 0.2) is 78.9 Å². The summed E-state index contributed by atoms with van der Waals surface area (Å²) in [5.41, 5.74) is 2.02. The predicted octanol–water partition coefficient (Wildman–Crippen LogP) is 4.79. The molecule has 3 aromatic rings. The van der Waals surface area contributed by atoms with Gasteiger partial charge < -0.3 is 15.0 Å². The molecule has 1 N–H and O–H groups in total. The Balaban J connectivity index is 1.89. The topological polar surface area (TPSA) is 96.0 Å². The summed E-state index contributed by atoms with van der Waals surface area (Å²) in [4.78, 5) is 29.0. The smallest absolute Gasteiger partial charge is 0.243 e. The highest BCUT2D eigenvalue weighted by Crippen LogP contribution is 2.22. The fourth-order valence-electron chi connectivity index (χ4n) is 4.56. The van der Waals surface area contributed by atoms with Crippen LogP contribution in [0.1, 0.15) is 37.8 Å². The lowest BCUT2D eigenvalue weighted by Crippen LogP contribution is -2.51. The van der Waals surface area contributed by atoms with Crippen molar-refractivity contribution in [3.63, 3.8) is 0 Å². The molecular weight excluding hydrogens is 557 g/mol. The first kappa shape index (κ1) is 32.6. The fraction of sp³-hybridized carbons (Fsp3) is 0.375. The maximum Gasteiger partial charge on any atom is 0.243 e. The molecular formula is C32H40FN3O5S. The number of benzene rings is 3. The molecule has 1 atom stereocenters. The second-order valence-corrected chi connectivity index (χ2v) is 12.5. The number of carbonyl (C=O) groups excluding carboxylic acids is 2. The fourth-order valence-corrected chi connectivity index (χ4v) is 5.52. The summed E-state index contributed by atoms with van der Waals surface area (Å²) in [6, 6.07) is 21.2. The average Bonchev–Trinajstić information content (AvgIpc) is 2.96. The van der Waals surface area contributed by atoms with Crippen LogP contribution in [0.2, 0.25) is 0 Å². The van der Waals surface area contributed by atoms with Gasteiger partial charge in [0.15, 0.2) is 0 Å². The normalized spacial score (nSPS) is 12.0. The number of sulfonamides is 1. The van der Waals surface area contributed by atoms with Gasteiger partial charge in [-0.2, -0.15) is 0 Å². The van der Waals surface area contributed by atoms with Crippen LogP contribution < -0.4 is 14.4 Å². The lowest BCUT2D eigenvalue weighted by atomic mass is 10.0. The van der Waals surface area contributed by atoms with Gasteiger partial charge in [-0.25, -0.2) is 12.8 Å². The first-order valence-corrected chi connectivity index (χ1v) is 15.8. The van der Waals surface area contributed by atoms with Crippen LogP contribution in [-0.2, 0) is 32.6 Å². The maximum atomic E-state index is 13.9. The first-order valence-electron chi connectivity index (χ1n) is 13.9. The Bertz CT molecular complexity index is 1420. The molecule has 8 nitrogen and oxygen atoms in total. The van der Waals surface area contributed by atoms with Gasteiger partial charge in [0.1, 0.15) is 17.6 Å². The van der Waals surface area contributed by atoms with Gasteiger partial charge in [0, 0.05) is 32.5 Å². The minimum absolute atomic E-state index is 0.0000661. The average molecular weight is 598 g/mol. The standard InChI is InChI=1S/C32H40FN3O5S/c1-24(2)22-34-32(38)30(21-25-10-6-5-7-11-25)35(23-26-12-8-13-29(20-26)41-3)31(37)14-9-19-36(42(4,39)40)28-17-15-27(33)16-18-28/h5-8,10-13,15-18,20,24,30H,9,14,19,21-23H2,1-4H3,(H,34,38). The van der Waals surface area contributed by atoms with E-state index in [0.717, 1.165) is 21.7 Å². The molecule has 0 aliphatic heterocycles. The molecule has 0 fully saturated rings. The first-order chi connectivity index (χ1) is 20.0. The van der Waals surface area contributed by atoms with Crippen molar-refractivity contribution in [3.05, 3.63) is 95.8 Å². The lowest BCUT2D eigenvalue weighted by molar-refractivity contribution is -0.141. The number of carbonyl (C=O) groups is 2. The zero-order valence-corrected chi connectivity index (χ0v) is 25.4. The van der Waals surface area contributed by atoms with Crippen LogP contribution in [0.4, 0.5) is 10.1 Å². The summed E-state index contributed by atoms with van der Waals surface area (Å²) in [5, 5.41) is 2.99. The van der Waals surface area contributed by atoms with Crippen LogP contribution in [0.25, 0.3) is 0 Å². The zero-order valence-electron chi connectivity index (χ0n) is 24.6. The highest BCUT2D eigenvalue weighted by atomic mass is 32.2. The largest absolute Gasteiger partial charge is 0.497 e. The number of anilines is 1. The molecule has 0 spiro atoms. The minimum Gasteiger partial charge on any atom is -0.497 e. The van der Waals surface area contributed by atoms with Crippen LogP contribution in [0.3, 0.4) is 0 Å². The van der Waals surface area contributed by atoms with E-state index >= 15 is 0 Å². The van der Waals surface area contributed by atoms with Gasteiger partial charge in [0.2, 0.25) is 21.8 Å². The van der Waals surface area contributed by atoms with Crippen LogP contribution in [0, 0.1) is 11.7 Å². The molecule has 3 rings (SSSR count). The summed E-state index contributed by atoms with van der Waals surface area (Å²) >= 11 is 0. The van der Waals surface area contributed by atoms with E-state index in [-0.39, 0.29) is 43.7 Å². The number of methoxy groups -OCH3 is 1. The molecule has 2 amide bonds. The van der Waals surface area contributed by atoms with Crippen molar-refractivity contribution in [1.29, 1.82) is 0 Å². The molecule has 10 heteroatoms. The van der Waals surface area contributed by atoms with Crippen LogP contribution in [0.5, 0.6) is 5.75 Å². The second kappa shape index (κ2) is 15.3. The third-order valence-corrected chi connectivity index (χ3v) is 7.90. The van der Waals surface area contributed by atoms with Gasteiger partial charge in [-0.05, 0) is 59.9 Å². The van der Waals surface area contributed by atoms with Crippen molar-refractivity contribution in [2.45, 2.75) is 45.7 Å². The Hall–Kier alpha value is -3.92. The number of ether oxygens (including phenoxy) is 1. The van der Waals surface area contributed by atoms with Crippen LogP contribution >= 0.6 is 0 Å². The van der Waals surface area contributed by atoms with Gasteiger partial charge >= 0.3 is 0 Å². The van der Waals surface area contributed by atoms with Gasteiger partial charge in [-0.1, -0.05) is 56.3 Å². The molecule has 42 heavy (non-hydrogen) atoms. The Morgan fingerprint density at radius 2 is 1.62 bits per heavy atom. The van der Waals surface area contributed by atoms with Crippen molar-refractivity contribution in [2.75, 3.05) is 30.8 Å². The number of nitrogens with one attached hydrogen (secondary N) is 1. The van der Waals surface area contributed by atoms with E-state index in [4.69, 9.17) is 4.74 Å². The number of halogens is 1. The number of nitrogens with zero attached hydrogens (tertiary/aromatic N) is 2. The molecule has 0 radical (unpaired) electrons. The highest BCUT2D eigenvalue weighted by Gasteiger charge is 2.30.